The summed E-state index contributed by atoms with van der Waals surface area (Å²) >= 11 is 0. The lowest BCUT2D eigenvalue weighted by atomic mass is 9.98. The van der Waals surface area contributed by atoms with Gasteiger partial charge in [0.05, 0.1) is 37.0 Å². The summed E-state index contributed by atoms with van der Waals surface area (Å²) in [6.07, 6.45) is 3.36. The molecule has 7 nitrogen and oxygen atoms in total. The molecule has 0 saturated carbocycles. The highest BCUT2D eigenvalue weighted by molar-refractivity contribution is 5.95. The first-order valence-corrected chi connectivity index (χ1v) is 11.5. The van der Waals surface area contributed by atoms with E-state index in [-0.39, 0.29) is 17.9 Å². The summed E-state index contributed by atoms with van der Waals surface area (Å²) < 4.78 is 11.2. The van der Waals surface area contributed by atoms with Gasteiger partial charge in [0.25, 0.3) is 0 Å². The number of aromatic nitrogens is 1. The number of hydrogen-bond acceptors (Lipinski definition) is 6. The lowest BCUT2D eigenvalue weighted by Crippen LogP contribution is -2.32. The van der Waals surface area contributed by atoms with Crippen molar-refractivity contribution in [3.8, 4) is 11.8 Å². The quantitative estimate of drug-likeness (QED) is 0.452. The normalized spacial score (nSPS) is 15.9. The summed E-state index contributed by atoms with van der Waals surface area (Å²) in [7, 11) is 0. The SMILES string of the molecule is N#Cc1ccc(CCNCC(C(=O)Nc2ccc(O[C@@H]3CCOC3)cn2)c2ccccc2)cc1. The Bertz CT molecular complexity index is 1090. The van der Waals surface area contributed by atoms with Crippen LogP contribution in [0.15, 0.2) is 72.9 Å². The van der Waals surface area contributed by atoms with Gasteiger partial charge in [-0.2, -0.15) is 5.26 Å². The molecule has 1 aliphatic heterocycles. The predicted molar refractivity (Wildman–Crippen MR) is 130 cm³/mol. The van der Waals surface area contributed by atoms with E-state index in [0.29, 0.717) is 36.9 Å². The number of rotatable bonds is 10. The van der Waals surface area contributed by atoms with E-state index in [4.69, 9.17) is 14.7 Å². The Hall–Kier alpha value is -3.73. The number of hydrogen-bond donors (Lipinski definition) is 2. The van der Waals surface area contributed by atoms with Gasteiger partial charge in [0.2, 0.25) is 5.91 Å². The van der Waals surface area contributed by atoms with Gasteiger partial charge in [0.15, 0.2) is 0 Å². The molecule has 7 heteroatoms. The first-order chi connectivity index (χ1) is 16.7. The summed E-state index contributed by atoms with van der Waals surface area (Å²) in [5, 5.41) is 15.3. The van der Waals surface area contributed by atoms with Crippen LogP contribution in [0, 0.1) is 11.3 Å². The number of benzene rings is 2. The van der Waals surface area contributed by atoms with Crippen molar-refractivity contribution >= 4 is 11.7 Å². The lowest BCUT2D eigenvalue weighted by Gasteiger charge is -2.18. The number of carbonyl (C=O) groups excluding carboxylic acids is 1. The molecule has 3 aromatic rings. The van der Waals surface area contributed by atoms with Gasteiger partial charge in [-0.15, -0.1) is 0 Å². The standard InChI is InChI=1S/C27H28N4O3/c28-16-21-8-6-20(7-9-21)12-14-29-18-25(22-4-2-1-3-5-22)27(32)31-26-11-10-23(17-30-26)34-24-13-15-33-19-24/h1-11,17,24-25,29H,12-15,18-19H2,(H,30,31,32)/t24-,25?/m1/s1. The number of amides is 1. The molecule has 2 heterocycles. The molecule has 1 saturated heterocycles. The maximum absolute atomic E-state index is 13.1. The van der Waals surface area contributed by atoms with Gasteiger partial charge in [-0.3, -0.25) is 4.79 Å². The minimum absolute atomic E-state index is 0.0556. The zero-order chi connectivity index (χ0) is 23.6. The first-order valence-electron chi connectivity index (χ1n) is 11.5. The second-order valence-corrected chi connectivity index (χ2v) is 8.20. The van der Waals surface area contributed by atoms with Crippen molar-refractivity contribution in [3.63, 3.8) is 0 Å². The molecule has 34 heavy (non-hydrogen) atoms. The monoisotopic (exact) mass is 456 g/mol. The molecule has 2 aromatic carbocycles. The Balaban J connectivity index is 1.33. The fourth-order valence-electron chi connectivity index (χ4n) is 3.81. The van der Waals surface area contributed by atoms with E-state index in [1.807, 2.05) is 60.7 Å². The Morgan fingerprint density at radius 3 is 2.65 bits per heavy atom. The molecule has 1 fully saturated rings. The van der Waals surface area contributed by atoms with E-state index in [2.05, 4.69) is 21.7 Å². The Morgan fingerprint density at radius 2 is 1.97 bits per heavy atom. The largest absolute Gasteiger partial charge is 0.486 e. The molecular formula is C27H28N4O3. The van der Waals surface area contributed by atoms with Gasteiger partial charge in [-0.1, -0.05) is 42.5 Å². The van der Waals surface area contributed by atoms with E-state index in [9.17, 15) is 4.79 Å². The van der Waals surface area contributed by atoms with Crippen LogP contribution in [0.1, 0.15) is 29.0 Å². The van der Waals surface area contributed by atoms with Gasteiger partial charge in [-0.25, -0.2) is 4.98 Å². The third kappa shape index (κ3) is 6.64. The average Bonchev–Trinajstić information content (AvgIpc) is 3.39. The third-order valence-electron chi connectivity index (χ3n) is 5.72. The van der Waals surface area contributed by atoms with Gasteiger partial charge < -0.3 is 20.1 Å². The molecule has 174 valence electrons. The molecule has 0 aliphatic carbocycles. The van der Waals surface area contributed by atoms with Crippen molar-refractivity contribution in [2.75, 3.05) is 31.6 Å². The van der Waals surface area contributed by atoms with Crippen molar-refractivity contribution in [1.29, 1.82) is 5.26 Å². The van der Waals surface area contributed by atoms with E-state index >= 15 is 0 Å². The predicted octanol–water partition coefficient (Wildman–Crippen LogP) is 3.68. The van der Waals surface area contributed by atoms with E-state index in [1.54, 1.807) is 12.3 Å². The van der Waals surface area contributed by atoms with Crippen LogP contribution in [0.3, 0.4) is 0 Å². The topological polar surface area (TPSA) is 96.3 Å². The van der Waals surface area contributed by atoms with Crippen LogP contribution in [0.2, 0.25) is 0 Å². The third-order valence-corrected chi connectivity index (χ3v) is 5.72. The van der Waals surface area contributed by atoms with Crippen LogP contribution in [-0.4, -0.2) is 43.3 Å². The molecule has 0 radical (unpaired) electrons. The number of nitrogens with one attached hydrogen (secondary N) is 2. The highest BCUT2D eigenvalue weighted by atomic mass is 16.5. The van der Waals surface area contributed by atoms with E-state index in [0.717, 1.165) is 30.5 Å². The molecule has 2 atom stereocenters. The Labute approximate surface area is 199 Å². The van der Waals surface area contributed by atoms with Crippen molar-refractivity contribution < 1.29 is 14.3 Å². The van der Waals surface area contributed by atoms with Gasteiger partial charge in [0, 0.05) is 13.0 Å². The smallest absolute Gasteiger partial charge is 0.234 e. The summed E-state index contributed by atoms with van der Waals surface area (Å²) in [5.41, 5.74) is 2.73. The fourth-order valence-corrected chi connectivity index (χ4v) is 3.81. The van der Waals surface area contributed by atoms with Crippen LogP contribution in [0.5, 0.6) is 5.75 Å². The molecule has 0 bridgehead atoms. The number of carbonyl (C=O) groups is 1. The zero-order valence-corrected chi connectivity index (χ0v) is 18.9. The van der Waals surface area contributed by atoms with Crippen LogP contribution in [0.4, 0.5) is 5.82 Å². The molecule has 0 spiro atoms. The molecule has 1 aliphatic rings. The number of nitriles is 1. The molecule has 1 aromatic heterocycles. The number of pyridine rings is 1. The summed E-state index contributed by atoms with van der Waals surface area (Å²) in [4.78, 5) is 17.5. The minimum atomic E-state index is -0.365. The number of anilines is 1. The molecule has 1 amide bonds. The number of nitrogens with zero attached hydrogens (tertiary/aromatic N) is 2. The van der Waals surface area contributed by atoms with Crippen LogP contribution < -0.4 is 15.4 Å². The first kappa shape index (κ1) is 23.4. The van der Waals surface area contributed by atoms with E-state index < -0.39 is 0 Å². The van der Waals surface area contributed by atoms with Crippen molar-refractivity contribution in [3.05, 3.63) is 89.6 Å². The highest BCUT2D eigenvalue weighted by Crippen LogP contribution is 2.20. The second kappa shape index (κ2) is 11.9. The van der Waals surface area contributed by atoms with Crippen LogP contribution in [0.25, 0.3) is 0 Å². The van der Waals surface area contributed by atoms with Gasteiger partial charge >= 0.3 is 0 Å². The maximum Gasteiger partial charge on any atom is 0.234 e. The number of ether oxygens (including phenoxy) is 2. The lowest BCUT2D eigenvalue weighted by molar-refractivity contribution is -0.117. The molecule has 2 N–H and O–H groups in total. The molecule has 4 rings (SSSR count). The average molecular weight is 457 g/mol. The molecular weight excluding hydrogens is 428 g/mol. The summed E-state index contributed by atoms with van der Waals surface area (Å²) in [6.45, 7) is 2.52. The Kier molecular flexibility index (Phi) is 8.22. The van der Waals surface area contributed by atoms with Crippen molar-refractivity contribution in [1.82, 2.24) is 10.3 Å². The summed E-state index contributed by atoms with van der Waals surface area (Å²) in [6, 6.07) is 23.0. The van der Waals surface area contributed by atoms with Crippen molar-refractivity contribution in [2.24, 2.45) is 0 Å². The van der Waals surface area contributed by atoms with Gasteiger partial charge in [-0.05, 0) is 48.4 Å². The maximum atomic E-state index is 13.1. The Morgan fingerprint density at radius 1 is 1.15 bits per heavy atom. The van der Waals surface area contributed by atoms with Crippen LogP contribution >= 0.6 is 0 Å². The molecule has 1 unspecified atom stereocenters. The highest BCUT2D eigenvalue weighted by Gasteiger charge is 2.21. The van der Waals surface area contributed by atoms with Crippen LogP contribution in [-0.2, 0) is 16.0 Å². The minimum Gasteiger partial charge on any atom is -0.486 e. The second-order valence-electron chi connectivity index (χ2n) is 8.20. The van der Waals surface area contributed by atoms with E-state index in [1.165, 1.54) is 0 Å². The zero-order valence-electron chi connectivity index (χ0n) is 18.9. The fraction of sp³-hybridized carbons (Fsp3) is 0.296. The van der Waals surface area contributed by atoms with Crippen molar-refractivity contribution in [2.45, 2.75) is 24.9 Å². The summed E-state index contributed by atoms with van der Waals surface area (Å²) in [5.74, 6) is 0.661. The van der Waals surface area contributed by atoms with Gasteiger partial charge in [0.1, 0.15) is 17.7 Å².